The predicted octanol–water partition coefficient (Wildman–Crippen LogP) is 10.5. The molecule has 440 valence electrons. The molecule has 2 aromatic carbocycles. The van der Waals surface area contributed by atoms with Crippen LogP contribution in [0.25, 0.3) is 0 Å². The van der Waals surface area contributed by atoms with Crippen molar-refractivity contribution in [1.82, 2.24) is 58.9 Å². The molecule has 12 rings (SSSR count). The van der Waals surface area contributed by atoms with Gasteiger partial charge in [0.25, 0.3) is 0 Å². The number of nitrogens with one attached hydrogen (secondary N) is 1. The molecule has 0 radical (unpaired) electrons. The van der Waals surface area contributed by atoms with Gasteiger partial charge in [-0.15, -0.1) is 0 Å². The number of hydrogen-bond donors (Lipinski definition) is 1. The van der Waals surface area contributed by atoms with Crippen LogP contribution in [-0.2, 0) is 53.1 Å². The Morgan fingerprint density at radius 1 is 0.627 bits per heavy atom. The molecule has 83 heavy (non-hydrogen) atoms. The predicted molar refractivity (Wildman–Crippen MR) is 329 cm³/mol. The summed E-state index contributed by atoms with van der Waals surface area (Å²) >= 11 is 20.1. The number of fused-ring (bicyclic) bond motifs is 4. The minimum atomic E-state index is -0.680. The van der Waals surface area contributed by atoms with Gasteiger partial charge in [0, 0.05) is 122 Å². The Bertz CT molecular complexity index is 3220. The zero-order valence-corrected chi connectivity index (χ0v) is 52.9. The summed E-state index contributed by atoms with van der Waals surface area (Å²) in [6.45, 7) is 17.9. The number of aryl methyl sites for hydroxylation is 6. The third-order valence-electron chi connectivity index (χ3n) is 17.3. The summed E-state index contributed by atoms with van der Waals surface area (Å²) in [5.41, 5.74) is 10.7. The van der Waals surface area contributed by atoms with Crippen LogP contribution >= 0.6 is 55.1 Å². The topological polar surface area (TPSA) is 150 Å². The van der Waals surface area contributed by atoms with Crippen molar-refractivity contribution in [2.24, 2.45) is 11.8 Å². The molecule has 0 spiro atoms. The van der Waals surface area contributed by atoms with Crippen molar-refractivity contribution in [3.8, 4) is 0 Å². The second-order valence-corrected chi connectivity index (χ2v) is 27.3. The second-order valence-electron chi connectivity index (χ2n) is 24.6. The summed E-state index contributed by atoms with van der Waals surface area (Å²) in [6.07, 6.45) is 18.9. The van der Waals surface area contributed by atoms with Gasteiger partial charge in [0.1, 0.15) is 11.6 Å². The molecule has 4 fully saturated rings. The molecule has 6 aromatic rings. The van der Waals surface area contributed by atoms with Gasteiger partial charge in [-0.05, 0) is 199 Å². The summed E-state index contributed by atoms with van der Waals surface area (Å²) in [5, 5.41) is 5.01. The summed E-state index contributed by atoms with van der Waals surface area (Å²) < 4.78 is 12.1. The molecule has 6 atom stereocenters. The van der Waals surface area contributed by atoms with Crippen molar-refractivity contribution >= 4 is 73.0 Å². The quantitative estimate of drug-likeness (QED) is 0.155. The number of aromatic nitrogens is 6. The molecule has 2 aliphatic carbocycles. The summed E-state index contributed by atoms with van der Waals surface area (Å²) in [5.74, 6) is 0.967. The Labute approximate surface area is 514 Å². The van der Waals surface area contributed by atoms with Gasteiger partial charge in [-0.3, -0.25) is 34.3 Å². The van der Waals surface area contributed by atoms with Gasteiger partial charge < -0.3 is 29.0 Å². The molecular formula is C63H76Br2Cl2N12O4. The Morgan fingerprint density at radius 3 is 1.64 bits per heavy atom. The maximum absolute atomic E-state index is 14.5. The Hall–Kier alpha value is -5.21. The number of pyridine rings is 2. The average molecular weight is 1300 g/mol. The highest BCUT2D eigenvalue weighted by atomic mass is 79.9. The van der Waals surface area contributed by atoms with Crippen LogP contribution in [0, 0.1) is 25.7 Å². The van der Waals surface area contributed by atoms with Crippen molar-refractivity contribution < 1.29 is 19.1 Å². The highest BCUT2D eigenvalue weighted by Crippen LogP contribution is 2.41. The van der Waals surface area contributed by atoms with Crippen LogP contribution in [0.4, 0.5) is 4.79 Å². The molecule has 4 saturated heterocycles. The van der Waals surface area contributed by atoms with E-state index in [0.29, 0.717) is 56.1 Å². The number of rotatable bonds is 8. The number of carbonyl (C=O) groups is 3. The van der Waals surface area contributed by atoms with E-state index in [1.807, 2.05) is 82.9 Å². The number of piperidine rings is 2. The Kier molecular flexibility index (Phi) is 18.5. The maximum Gasteiger partial charge on any atom is 0.411 e. The van der Waals surface area contributed by atoms with Crippen LogP contribution in [-0.4, -0.2) is 155 Å². The molecule has 0 saturated carbocycles. The lowest BCUT2D eigenvalue weighted by molar-refractivity contribution is -0.141. The number of piperazine rings is 2. The fourth-order valence-electron chi connectivity index (χ4n) is 13.5. The first-order valence-electron chi connectivity index (χ1n) is 29.5. The number of ether oxygens (including phenoxy) is 1. The molecule has 0 unspecified atom stereocenters. The van der Waals surface area contributed by atoms with Crippen LogP contribution in [0.2, 0.25) is 10.0 Å². The number of hydrogen-bond acceptors (Lipinski definition) is 11. The molecule has 16 nitrogen and oxygen atoms in total. The van der Waals surface area contributed by atoms with Gasteiger partial charge in [-0.1, -0.05) is 35.3 Å². The maximum atomic E-state index is 14.5. The van der Waals surface area contributed by atoms with Gasteiger partial charge in [-0.2, -0.15) is 0 Å². The zero-order chi connectivity index (χ0) is 58.1. The third-order valence-corrected chi connectivity index (χ3v) is 18.6. The lowest BCUT2D eigenvalue weighted by Gasteiger charge is -2.46. The fourth-order valence-corrected chi connectivity index (χ4v) is 14.7. The molecule has 3 amide bonds. The van der Waals surface area contributed by atoms with Crippen LogP contribution in [0.3, 0.4) is 0 Å². The molecule has 1 N–H and O–H groups in total. The largest absolute Gasteiger partial charge is 0.444 e. The smallest absolute Gasteiger partial charge is 0.411 e. The van der Waals surface area contributed by atoms with E-state index < -0.39 is 17.7 Å². The molecule has 6 aliphatic rings. The number of benzene rings is 2. The second kappa shape index (κ2) is 25.8. The van der Waals surface area contributed by atoms with Gasteiger partial charge in [0.15, 0.2) is 0 Å². The van der Waals surface area contributed by atoms with Crippen LogP contribution in [0.15, 0.2) is 94.9 Å². The number of amides is 3. The van der Waals surface area contributed by atoms with Crippen LogP contribution in [0.1, 0.15) is 115 Å². The first-order chi connectivity index (χ1) is 39.9. The van der Waals surface area contributed by atoms with E-state index in [1.54, 1.807) is 4.90 Å². The van der Waals surface area contributed by atoms with E-state index in [9.17, 15) is 14.4 Å². The van der Waals surface area contributed by atoms with E-state index >= 15 is 0 Å². The lowest BCUT2D eigenvalue weighted by atomic mass is 9.94. The zero-order valence-electron chi connectivity index (χ0n) is 48.3. The van der Waals surface area contributed by atoms with Crippen LogP contribution < -0.4 is 5.32 Å². The molecule has 8 heterocycles. The Balaban J connectivity index is 0.000000176. The summed E-state index contributed by atoms with van der Waals surface area (Å²) in [4.78, 5) is 71.0. The van der Waals surface area contributed by atoms with E-state index in [0.717, 1.165) is 133 Å². The van der Waals surface area contributed by atoms with Gasteiger partial charge in [0.2, 0.25) is 11.8 Å². The van der Waals surface area contributed by atoms with Crippen molar-refractivity contribution in [2.75, 3.05) is 65.4 Å². The van der Waals surface area contributed by atoms with Gasteiger partial charge in [0.05, 0.1) is 53.6 Å². The number of nitrogens with zero attached hydrogens (tertiary/aromatic N) is 11. The standard InChI is InChI=1S/C34H42BrClN6O3.C29H34BrClN6O/c1-22-17-39(21-38-22)18-23-6-5-11-41(19-23)32(43)29-20-40(12-13-42(29)33(44)45-34(2,3)4)31-28-10-9-27(36)15-24(28)7-8-25-14-26(35)16-37-30(25)31;1-19-14-35(18-34-19)15-20-3-2-9-37(16-20)29(38)26-17-36(10-8-32-26)28-25-7-6-24(31)12-21(25)4-5-22-11-23(30)13-33-27(22)28/h9-10,14-17,21,23,29,31H,5-8,11-13,18-20H2,1-4H3;6-7,11-14,18,20,26,28,32H,2-5,8-10,15-17H2,1H3/t23-,29+,31-;20-,26+,28-/m00/s1. The minimum Gasteiger partial charge on any atom is -0.444 e. The van der Waals surface area contributed by atoms with Crippen molar-refractivity contribution in [2.45, 2.75) is 129 Å². The lowest BCUT2D eigenvalue weighted by Crippen LogP contribution is -2.63. The summed E-state index contributed by atoms with van der Waals surface area (Å²) in [7, 11) is 0. The van der Waals surface area contributed by atoms with Crippen molar-refractivity contribution in [3.63, 3.8) is 0 Å². The highest BCUT2D eigenvalue weighted by molar-refractivity contribution is 9.10. The highest BCUT2D eigenvalue weighted by Gasteiger charge is 2.44. The first kappa shape index (κ1) is 59.5. The molecule has 4 aromatic heterocycles. The number of likely N-dealkylation sites (tertiary alicyclic amines) is 2. The van der Waals surface area contributed by atoms with Gasteiger partial charge >= 0.3 is 6.09 Å². The number of halogens is 4. The number of carbonyl (C=O) groups excluding carboxylic acids is 3. The van der Waals surface area contributed by atoms with Crippen molar-refractivity contribution in [3.05, 3.63) is 161 Å². The monoisotopic (exact) mass is 1290 g/mol. The van der Waals surface area contributed by atoms with E-state index in [2.05, 4.69) is 114 Å². The summed E-state index contributed by atoms with van der Waals surface area (Å²) in [6, 6.07) is 15.6. The van der Waals surface area contributed by atoms with E-state index in [-0.39, 0.29) is 29.9 Å². The fraction of sp³-hybridized carbons (Fsp3) is 0.508. The van der Waals surface area contributed by atoms with Crippen molar-refractivity contribution in [1.29, 1.82) is 0 Å². The number of imidazole rings is 2. The third kappa shape index (κ3) is 14.1. The SMILES string of the molecule is Cc1cn(C[C@@H]2CCCN(C(=O)[C@H]3CN([C@H]4c5ccc(Cl)cc5CCc5cc(Br)cnc54)CCN3)C2)cn1.Cc1cn(C[C@@H]2CCCN(C(=O)[C@H]3CN([C@H]4c5ccc(Cl)cc5CCc5cc(Br)cnc54)CCN3C(=O)OC(C)(C)C)C2)cn1. The minimum absolute atomic E-state index is 0.00357. The molecule has 0 bridgehead atoms. The van der Waals surface area contributed by atoms with E-state index in [4.69, 9.17) is 37.9 Å². The van der Waals surface area contributed by atoms with Crippen LogP contribution in [0.5, 0.6) is 0 Å². The Morgan fingerprint density at radius 2 is 1.13 bits per heavy atom. The average Bonchev–Trinajstić information content (AvgIpc) is 3.95. The van der Waals surface area contributed by atoms with E-state index in [1.165, 1.54) is 27.8 Å². The molecule has 20 heteroatoms. The first-order valence-corrected chi connectivity index (χ1v) is 31.8. The molecular weight excluding hydrogens is 1220 g/mol. The van der Waals surface area contributed by atoms with Gasteiger partial charge in [-0.25, -0.2) is 14.8 Å². The normalized spacial score (nSPS) is 23.1. The molecule has 4 aliphatic heterocycles.